The maximum absolute atomic E-state index is 13.4. The molecule has 0 aliphatic heterocycles. The van der Waals surface area contributed by atoms with Crippen LogP contribution in [0.15, 0.2) is 73.2 Å². The van der Waals surface area contributed by atoms with Crippen LogP contribution in [0.4, 0.5) is 4.39 Å². The smallest absolute Gasteiger partial charge is 0.270 e. The summed E-state index contributed by atoms with van der Waals surface area (Å²) in [7, 11) is 0. The molecule has 4 rings (SSSR count). The van der Waals surface area contributed by atoms with Crippen molar-refractivity contribution in [1.82, 2.24) is 25.3 Å². The summed E-state index contributed by atoms with van der Waals surface area (Å²) in [6.45, 7) is 1.76. The SMILES string of the molecule is C[C@H](NC(=O)c1cc(-c2ccc(Cl)cc2)nc(-c2ccncc2)n1)c1ccnc(F)c1. The maximum Gasteiger partial charge on any atom is 0.270 e. The molecule has 0 bridgehead atoms. The summed E-state index contributed by atoms with van der Waals surface area (Å²) in [6.07, 6.45) is 4.62. The number of carbonyl (C=O) groups is 1. The predicted molar refractivity (Wildman–Crippen MR) is 116 cm³/mol. The minimum absolute atomic E-state index is 0.188. The number of nitrogens with one attached hydrogen (secondary N) is 1. The lowest BCUT2D eigenvalue weighted by Gasteiger charge is -2.15. The molecule has 3 aromatic heterocycles. The van der Waals surface area contributed by atoms with Crippen LogP contribution in [0.3, 0.4) is 0 Å². The maximum atomic E-state index is 13.4. The highest BCUT2D eigenvalue weighted by molar-refractivity contribution is 6.30. The first kappa shape index (κ1) is 20.6. The van der Waals surface area contributed by atoms with E-state index in [1.165, 1.54) is 12.3 Å². The van der Waals surface area contributed by atoms with E-state index in [9.17, 15) is 9.18 Å². The van der Waals surface area contributed by atoms with Crippen LogP contribution in [-0.4, -0.2) is 25.8 Å². The number of rotatable bonds is 5. The largest absolute Gasteiger partial charge is 0.344 e. The molecule has 1 aromatic carbocycles. The molecule has 4 aromatic rings. The molecule has 0 unspecified atom stereocenters. The molecule has 8 heteroatoms. The fraction of sp³-hybridized carbons (Fsp3) is 0.0870. The summed E-state index contributed by atoms with van der Waals surface area (Å²) in [5.74, 6) is -0.620. The lowest BCUT2D eigenvalue weighted by Crippen LogP contribution is -2.28. The van der Waals surface area contributed by atoms with E-state index >= 15 is 0 Å². The van der Waals surface area contributed by atoms with E-state index in [-0.39, 0.29) is 5.69 Å². The zero-order chi connectivity index (χ0) is 21.8. The molecule has 6 nitrogen and oxygen atoms in total. The van der Waals surface area contributed by atoms with E-state index in [2.05, 4.69) is 25.3 Å². The van der Waals surface area contributed by atoms with Crippen molar-refractivity contribution in [3.8, 4) is 22.6 Å². The number of halogens is 2. The molecule has 154 valence electrons. The Labute approximate surface area is 183 Å². The van der Waals surface area contributed by atoms with Gasteiger partial charge in [0.25, 0.3) is 5.91 Å². The molecular formula is C23H17ClFN5O. The number of carbonyl (C=O) groups excluding carboxylic acids is 1. The third-order valence-electron chi connectivity index (χ3n) is 4.64. The number of amides is 1. The molecule has 0 radical (unpaired) electrons. The summed E-state index contributed by atoms with van der Waals surface area (Å²) in [6, 6.07) is 14.8. The molecule has 0 aliphatic rings. The van der Waals surface area contributed by atoms with Gasteiger partial charge in [-0.1, -0.05) is 23.7 Å². The predicted octanol–water partition coefficient (Wildman–Crippen LogP) is 4.88. The van der Waals surface area contributed by atoms with Gasteiger partial charge >= 0.3 is 0 Å². The Morgan fingerprint density at radius 1 is 0.968 bits per heavy atom. The number of hydrogen-bond acceptors (Lipinski definition) is 5. The summed E-state index contributed by atoms with van der Waals surface area (Å²) < 4.78 is 13.4. The van der Waals surface area contributed by atoms with Gasteiger partial charge in [-0.25, -0.2) is 15.0 Å². The second-order valence-electron chi connectivity index (χ2n) is 6.81. The monoisotopic (exact) mass is 433 g/mol. The highest BCUT2D eigenvalue weighted by atomic mass is 35.5. The van der Waals surface area contributed by atoms with Crippen molar-refractivity contribution >= 4 is 17.5 Å². The van der Waals surface area contributed by atoms with Crippen LogP contribution >= 0.6 is 11.6 Å². The van der Waals surface area contributed by atoms with E-state index in [0.29, 0.717) is 22.1 Å². The van der Waals surface area contributed by atoms with Crippen LogP contribution in [0.2, 0.25) is 5.02 Å². The fourth-order valence-electron chi connectivity index (χ4n) is 3.00. The second kappa shape index (κ2) is 8.97. The Balaban J connectivity index is 1.71. The van der Waals surface area contributed by atoms with Crippen molar-refractivity contribution < 1.29 is 9.18 Å². The minimum atomic E-state index is -0.606. The van der Waals surface area contributed by atoms with Crippen LogP contribution in [-0.2, 0) is 0 Å². The number of nitrogens with zero attached hydrogens (tertiary/aromatic N) is 4. The van der Waals surface area contributed by atoms with Gasteiger partial charge in [-0.3, -0.25) is 9.78 Å². The first-order valence-corrected chi connectivity index (χ1v) is 9.85. The van der Waals surface area contributed by atoms with Gasteiger partial charge in [0.1, 0.15) is 5.69 Å². The van der Waals surface area contributed by atoms with Crippen LogP contribution in [0.25, 0.3) is 22.6 Å². The Bertz CT molecular complexity index is 1220. The topological polar surface area (TPSA) is 80.7 Å². The van der Waals surface area contributed by atoms with E-state index in [0.717, 1.165) is 11.1 Å². The van der Waals surface area contributed by atoms with E-state index in [4.69, 9.17) is 11.6 Å². The third kappa shape index (κ3) is 4.90. The molecule has 1 N–H and O–H groups in total. The van der Waals surface area contributed by atoms with Crippen molar-refractivity contribution in [2.75, 3.05) is 0 Å². The van der Waals surface area contributed by atoms with Crippen molar-refractivity contribution in [3.63, 3.8) is 0 Å². The molecule has 0 saturated heterocycles. The quantitative estimate of drug-likeness (QED) is 0.453. The summed E-state index contributed by atoms with van der Waals surface area (Å²) >= 11 is 6.00. The van der Waals surface area contributed by atoms with Gasteiger partial charge in [0.2, 0.25) is 5.95 Å². The average molecular weight is 434 g/mol. The Morgan fingerprint density at radius 3 is 2.42 bits per heavy atom. The normalized spacial score (nSPS) is 11.7. The Morgan fingerprint density at radius 2 is 1.71 bits per heavy atom. The van der Waals surface area contributed by atoms with Crippen LogP contribution < -0.4 is 5.32 Å². The second-order valence-corrected chi connectivity index (χ2v) is 7.25. The van der Waals surface area contributed by atoms with Gasteiger partial charge in [0.05, 0.1) is 11.7 Å². The zero-order valence-corrected chi connectivity index (χ0v) is 17.2. The summed E-state index contributed by atoms with van der Waals surface area (Å²) in [4.78, 5) is 29.6. The van der Waals surface area contributed by atoms with Gasteiger partial charge in [-0.2, -0.15) is 4.39 Å². The first-order valence-electron chi connectivity index (χ1n) is 9.47. The molecule has 0 aliphatic carbocycles. The van der Waals surface area contributed by atoms with Crippen LogP contribution in [0.5, 0.6) is 0 Å². The molecule has 0 fully saturated rings. The highest BCUT2D eigenvalue weighted by Gasteiger charge is 2.17. The van der Waals surface area contributed by atoms with E-state index in [1.54, 1.807) is 55.7 Å². The van der Waals surface area contributed by atoms with Crippen molar-refractivity contribution in [2.24, 2.45) is 0 Å². The van der Waals surface area contributed by atoms with E-state index < -0.39 is 17.9 Å². The van der Waals surface area contributed by atoms with Crippen LogP contribution in [0.1, 0.15) is 29.0 Å². The Kier molecular flexibility index (Phi) is 5.95. The number of hydrogen-bond donors (Lipinski definition) is 1. The number of aromatic nitrogens is 4. The third-order valence-corrected chi connectivity index (χ3v) is 4.89. The van der Waals surface area contributed by atoms with Crippen molar-refractivity contribution in [2.45, 2.75) is 13.0 Å². The van der Waals surface area contributed by atoms with Gasteiger partial charge in [0.15, 0.2) is 5.82 Å². The highest BCUT2D eigenvalue weighted by Crippen LogP contribution is 2.24. The molecule has 1 atom stereocenters. The summed E-state index contributed by atoms with van der Waals surface area (Å²) in [5.41, 5.74) is 2.88. The van der Waals surface area contributed by atoms with Crippen molar-refractivity contribution in [1.29, 1.82) is 0 Å². The zero-order valence-electron chi connectivity index (χ0n) is 16.5. The number of pyridine rings is 2. The lowest BCUT2D eigenvalue weighted by molar-refractivity contribution is 0.0934. The van der Waals surface area contributed by atoms with Crippen molar-refractivity contribution in [3.05, 3.63) is 95.4 Å². The van der Waals surface area contributed by atoms with Gasteiger partial charge in [-0.05, 0) is 55.0 Å². The minimum Gasteiger partial charge on any atom is -0.344 e. The molecular weight excluding hydrogens is 417 g/mol. The standard InChI is InChI=1S/C23H17ClFN5O/c1-14(17-8-11-27-21(25)12-17)28-23(31)20-13-19(15-2-4-18(24)5-3-15)29-22(30-20)16-6-9-26-10-7-16/h2-14H,1H3,(H,28,31)/t14-/m0/s1. The van der Waals surface area contributed by atoms with Crippen LogP contribution in [0, 0.1) is 5.95 Å². The van der Waals surface area contributed by atoms with Gasteiger partial charge < -0.3 is 5.32 Å². The fourth-order valence-corrected chi connectivity index (χ4v) is 3.13. The van der Waals surface area contributed by atoms with Gasteiger partial charge in [-0.15, -0.1) is 0 Å². The molecule has 0 spiro atoms. The lowest BCUT2D eigenvalue weighted by atomic mass is 10.1. The molecule has 3 heterocycles. The first-order chi connectivity index (χ1) is 15.0. The average Bonchev–Trinajstić information content (AvgIpc) is 2.80. The molecule has 1 amide bonds. The molecule has 31 heavy (non-hydrogen) atoms. The van der Waals surface area contributed by atoms with E-state index in [1.807, 2.05) is 12.1 Å². The number of benzene rings is 1. The van der Waals surface area contributed by atoms with Gasteiger partial charge in [0, 0.05) is 34.7 Å². The summed E-state index contributed by atoms with van der Waals surface area (Å²) in [5, 5.41) is 3.45. The Hall–Kier alpha value is -3.71. The molecule has 0 saturated carbocycles.